The Morgan fingerprint density at radius 1 is 0.900 bits per heavy atom. The maximum absolute atomic E-state index is 5.84. The second-order valence-electron chi connectivity index (χ2n) is 4.83. The summed E-state index contributed by atoms with van der Waals surface area (Å²) in [6, 6.07) is 13.9. The second-order valence-corrected chi connectivity index (χ2v) is 4.83. The van der Waals surface area contributed by atoms with Gasteiger partial charge < -0.3 is 4.42 Å². The molecule has 0 saturated carbocycles. The molecule has 0 N–H and O–H groups in total. The molecular weight excluding hydrogens is 248 g/mol. The number of fused-ring (bicyclic) bond motifs is 3. The fourth-order valence-electron chi connectivity index (χ4n) is 2.54. The van der Waals surface area contributed by atoms with E-state index in [1.807, 2.05) is 36.5 Å². The highest BCUT2D eigenvalue weighted by atomic mass is 16.3. The Kier molecular flexibility index (Phi) is 2.33. The van der Waals surface area contributed by atoms with E-state index in [9.17, 15) is 0 Å². The van der Waals surface area contributed by atoms with Crippen LogP contribution in [0.1, 0.15) is 5.56 Å². The van der Waals surface area contributed by atoms with Crippen molar-refractivity contribution in [2.45, 2.75) is 6.92 Å². The Hall–Kier alpha value is -2.68. The van der Waals surface area contributed by atoms with Gasteiger partial charge in [0.1, 0.15) is 11.1 Å². The molecule has 4 aromatic rings. The van der Waals surface area contributed by atoms with Crippen molar-refractivity contribution in [2.24, 2.45) is 0 Å². The minimum absolute atomic E-state index is 0.820. The van der Waals surface area contributed by atoms with E-state index < -0.39 is 0 Å². The summed E-state index contributed by atoms with van der Waals surface area (Å²) in [5, 5.41) is 1.03. The minimum Gasteiger partial charge on any atom is -0.454 e. The SMILES string of the molecule is Cc1cc2oc3cccnc3c2cc1-c1ccccn1. The first-order valence-corrected chi connectivity index (χ1v) is 6.52. The molecule has 0 unspecified atom stereocenters. The molecule has 20 heavy (non-hydrogen) atoms. The van der Waals surface area contributed by atoms with Gasteiger partial charge in [0.15, 0.2) is 5.58 Å². The maximum Gasteiger partial charge on any atom is 0.153 e. The van der Waals surface area contributed by atoms with Crippen LogP contribution in [0.4, 0.5) is 0 Å². The first-order chi connectivity index (χ1) is 9.83. The summed E-state index contributed by atoms with van der Waals surface area (Å²) in [4.78, 5) is 8.85. The number of benzene rings is 1. The lowest BCUT2D eigenvalue weighted by Crippen LogP contribution is -1.86. The molecule has 0 aliphatic rings. The van der Waals surface area contributed by atoms with E-state index in [2.05, 4.69) is 29.0 Å². The average molecular weight is 260 g/mol. The number of nitrogens with zero attached hydrogens (tertiary/aromatic N) is 2. The zero-order valence-corrected chi connectivity index (χ0v) is 11.0. The highest BCUT2D eigenvalue weighted by molar-refractivity contribution is 6.04. The molecule has 0 radical (unpaired) electrons. The van der Waals surface area contributed by atoms with Crippen LogP contribution in [-0.2, 0) is 0 Å². The zero-order chi connectivity index (χ0) is 13.5. The van der Waals surface area contributed by atoms with Crippen LogP contribution in [-0.4, -0.2) is 9.97 Å². The van der Waals surface area contributed by atoms with Gasteiger partial charge in [-0.25, -0.2) is 0 Å². The van der Waals surface area contributed by atoms with Crippen LogP contribution in [0.15, 0.2) is 59.3 Å². The zero-order valence-electron chi connectivity index (χ0n) is 11.0. The molecule has 3 heterocycles. The molecule has 1 aromatic carbocycles. The maximum atomic E-state index is 5.84. The third-order valence-electron chi connectivity index (χ3n) is 3.51. The summed E-state index contributed by atoms with van der Waals surface area (Å²) in [6.45, 7) is 2.07. The van der Waals surface area contributed by atoms with Gasteiger partial charge in [-0.1, -0.05) is 6.07 Å². The molecule has 0 spiro atoms. The molecule has 3 nitrogen and oxygen atoms in total. The lowest BCUT2D eigenvalue weighted by atomic mass is 10.0. The molecule has 3 heteroatoms. The summed E-state index contributed by atoms with van der Waals surface area (Å²) in [6.07, 6.45) is 3.60. The standard InChI is InChI=1S/C17H12N2O/c1-11-9-16-13(17-15(20-16)6-4-8-19-17)10-12(11)14-5-2-3-7-18-14/h2-10H,1H3. The van der Waals surface area contributed by atoms with E-state index in [-0.39, 0.29) is 0 Å². The number of aromatic nitrogens is 2. The minimum atomic E-state index is 0.820. The van der Waals surface area contributed by atoms with Crippen molar-refractivity contribution < 1.29 is 4.42 Å². The van der Waals surface area contributed by atoms with Gasteiger partial charge >= 0.3 is 0 Å². The van der Waals surface area contributed by atoms with Gasteiger partial charge in [-0.2, -0.15) is 0 Å². The summed E-state index contributed by atoms with van der Waals surface area (Å²) in [5.41, 5.74) is 5.83. The van der Waals surface area contributed by atoms with Crippen LogP contribution in [0, 0.1) is 6.92 Å². The summed E-state index contributed by atoms with van der Waals surface area (Å²) in [5.74, 6) is 0. The smallest absolute Gasteiger partial charge is 0.153 e. The van der Waals surface area contributed by atoms with Gasteiger partial charge in [-0.15, -0.1) is 0 Å². The first-order valence-electron chi connectivity index (χ1n) is 6.52. The Labute approximate surface area is 115 Å². The van der Waals surface area contributed by atoms with Crippen LogP contribution in [0.2, 0.25) is 0 Å². The lowest BCUT2D eigenvalue weighted by molar-refractivity contribution is 0.668. The van der Waals surface area contributed by atoms with Gasteiger partial charge in [0, 0.05) is 23.3 Å². The molecule has 3 aromatic heterocycles. The van der Waals surface area contributed by atoms with Crippen LogP contribution >= 0.6 is 0 Å². The van der Waals surface area contributed by atoms with Gasteiger partial charge in [-0.05, 0) is 48.9 Å². The predicted molar refractivity (Wildman–Crippen MR) is 79.5 cm³/mol. The largest absolute Gasteiger partial charge is 0.454 e. The van der Waals surface area contributed by atoms with E-state index in [4.69, 9.17) is 4.42 Å². The van der Waals surface area contributed by atoms with Crippen molar-refractivity contribution in [1.29, 1.82) is 0 Å². The van der Waals surface area contributed by atoms with E-state index in [1.165, 1.54) is 0 Å². The highest BCUT2D eigenvalue weighted by Gasteiger charge is 2.11. The van der Waals surface area contributed by atoms with E-state index in [1.54, 1.807) is 6.20 Å². The number of furan rings is 1. The monoisotopic (exact) mass is 260 g/mol. The molecular formula is C17H12N2O. The summed E-state index contributed by atoms with van der Waals surface area (Å²) >= 11 is 0. The van der Waals surface area contributed by atoms with Crippen molar-refractivity contribution in [3.63, 3.8) is 0 Å². The molecule has 0 aliphatic heterocycles. The van der Waals surface area contributed by atoms with Gasteiger partial charge in [0.25, 0.3) is 0 Å². The van der Waals surface area contributed by atoms with Gasteiger partial charge in [0.05, 0.1) is 5.69 Å². The quantitative estimate of drug-likeness (QED) is 0.510. The number of aryl methyl sites for hydroxylation is 1. The summed E-state index contributed by atoms with van der Waals surface area (Å²) in [7, 11) is 0. The van der Waals surface area contributed by atoms with Gasteiger partial charge in [-0.3, -0.25) is 9.97 Å². The molecule has 0 fully saturated rings. The third kappa shape index (κ3) is 1.60. The highest BCUT2D eigenvalue weighted by Crippen LogP contribution is 2.32. The number of pyridine rings is 2. The fourth-order valence-corrected chi connectivity index (χ4v) is 2.54. The fraction of sp³-hybridized carbons (Fsp3) is 0.0588. The second kappa shape index (κ2) is 4.17. The van der Waals surface area contributed by atoms with E-state index in [0.29, 0.717) is 0 Å². The van der Waals surface area contributed by atoms with Crippen LogP contribution in [0.5, 0.6) is 0 Å². The van der Waals surface area contributed by atoms with Crippen molar-refractivity contribution in [3.05, 3.63) is 60.4 Å². The van der Waals surface area contributed by atoms with E-state index in [0.717, 1.165) is 38.9 Å². The van der Waals surface area contributed by atoms with Gasteiger partial charge in [0.2, 0.25) is 0 Å². The topological polar surface area (TPSA) is 38.9 Å². The third-order valence-corrected chi connectivity index (χ3v) is 3.51. The van der Waals surface area contributed by atoms with Crippen molar-refractivity contribution in [3.8, 4) is 11.3 Å². The lowest BCUT2D eigenvalue weighted by Gasteiger charge is -2.04. The molecule has 96 valence electrons. The molecule has 0 atom stereocenters. The molecule has 0 saturated heterocycles. The average Bonchev–Trinajstić information content (AvgIpc) is 2.84. The number of hydrogen-bond acceptors (Lipinski definition) is 3. The molecule has 0 aliphatic carbocycles. The van der Waals surface area contributed by atoms with Crippen LogP contribution in [0.3, 0.4) is 0 Å². The van der Waals surface area contributed by atoms with Crippen LogP contribution in [0.25, 0.3) is 33.3 Å². The molecule has 0 amide bonds. The number of hydrogen-bond donors (Lipinski definition) is 0. The Morgan fingerprint density at radius 2 is 1.80 bits per heavy atom. The van der Waals surface area contributed by atoms with Crippen LogP contribution < -0.4 is 0 Å². The Morgan fingerprint density at radius 3 is 2.65 bits per heavy atom. The molecule has 0 bridgehead atoms. The first kappa shape index (κ1) is 11.2. The number of rotatable bonds is 1. The van der Waals surface area contributed by atoms with E-state index >= 15 is 0 Å². The Bertz CT molecular complexity index is 910. The summed E-state index contributed by atoms with van der Waals surface area (Å²) < 4.78 is 5.84. The van der Waals surface area contributed by atoms with Crippen molar-refractivity contribution in [1.82, 2.24) is 9.97 Å². The predicted octanol–water partition coefficient (Wildman–Crippen LogP) is 4.35. The Balaban J connectivity index is 2.08. The van der Waals surface area contributed by atoms with Crippen molar-refractivity contribution >= 4 is 22.1 Å². The van der Waals surface area contributed by atoms with Crippen molar-refractivity contribution in [2.75, 3.05) is 0 Å². The molecule has 4 rings (SSSR count). The normalized spacial score (nSPS) is 11.2.